The summed E-state index contributed by atoms with van der Waals surface area (Å²) in [5.74, 6) is -3.88. The van der Waals surface area contributed by atoms with Crippen molar-refractivity contribution in [2.45, 2.75) is 173 Å². The van der Waals surface area contributed by atoms with Crippen LogP contribution < -0.4 is 5.73 Å². The molecule has 1 aliphatic carbocycles. The fraction of sp³-hybridized carbons (Fsp3) is 0.696. The number of carboxylic acids is 1. The summed E-state index contributed by atoms with van der Waals surface area (Å²) >= 11 is 0. The Morgan fingerprint density at radius 1 is 0.742 bits per heavy atom. The van der Waals surface area contributed by atoms with Gasteiger partial charge >= 0.3 is 25.7 Å². The minimum absolute atomic E-state index is 0.0288. The molecule has 1 fully saturated rings. The molecule has 354 valence electrons. The van der Waals surface area contributed by atoms with Gasteiger partial charge in [-0.15, -0.1) is 0 Å². The lowest BCUT2D eigenvalue weighted by Gasteiger charge is -2.21. The fourth-order valence-corrected chi connectivity index (χ4v) is 7.42. The first-order valence-corrected chi connectivity index (χ1v) is 24.0. The molecular weight excluding hydrogens is 821 g/mol. The average molecular weight is 898 g/mol. The number of carbonyl (C=O) groups is 4. The standard InChI is InChI=1S/C46H76NO14P/c1-3-5-7-8-9-10-11-12-13-14-15-16-17-18-19-20-22-27-44(52)58-33-38(34-59-62(56,57)60-35-41(47)46(54)55)61-45(53)28-24-23-26-37(49)31-40-39(42(50)32-43(40)51)30-29-36(48)25-21-6-4-2/h5,7,9-10,12-13,15-16,29-30,36,38-43,48,50-51H,3-4,6,8,11,14,17-28,31-35,47H2,1-2H3,(H,54,55)(H,56,57)/b7-5-,10-9-,13-12-,16-15-,30-29+/t36-,38+,39+,40+,41-,42+,43-/m0/s1. The second-order valence-corrected chi connectivity index (χ2v) is 17.2. The van der Waals surface area contributed by atoms with E-state index in [0.29, 0.717) is 19.3 Å². The summed E-state index contributed by atoms with van der Waals surface area (Å²) in [5.41, 5.74) is 5.32. The number of carbonyl (C=O) groups excluding carboxylic acids is 3. The summed E-state index contributed by atoms with van der Waals surface area (Å²) in [6.45, 7) is 2.16. The lowest BCUT2D eigenvalue weighted by Crippen LogP contribution is -2.34. The number of aliphatic hydroxyl groups excluding tert-OH is 3. The third-order valence-electron chi connectivity index (χ3n) is 10.2. The molecule has 1 saturated carbocycles. The summed E-state index contributed by atoms with van der Waals surface area (Å²) in [4.78, 5) is 59.1. The highest BCUT2D eigenvalue weighted by Gasteiger charge is 2.41. The van der Waals surface area contributed by atoms with Crippen molar-refractivity contribution in [2.75, 3.05) is 19.8 Å². The molecule has 0 aromatic heterocycles. The van der Waals surface area contributed by atoms with Gasteiger partial charge in [-0.1, -0.05) is 107 Å². The zero-order valence-electron chi connectivity index (χ0n) is 37.0. The number of rotatable bonds is 37. The van der Waals surface area contributed by atoms with Gasteiger partial charge in [0.15, 0.2) is 6.10 Å². The van der Waals surface area contributed by atoms with Gasteiger partial charge in [-0.2, -0.15) is 0 Å². The summed E-state index contributed by atoms with van der Waals surface area (Å²) in [7, 11) is -4.83. The molecule has 1 rings (SSSR count). The van der Waals surface area contributed by atoms with Crippen molar-refractivity contribution < 1.29 is 67.6 Å². The Hall–Kier alpha value is -3.27. The van der Waals surface area contributed by atoms with Crippen LogP contribution in [0.5, 0.6) is 0 Å². The first kappa shape index (κ1) is 56.7. The lowest BCUT2D eigenvalue weighted by atomic mass is 9.87. The van der Waals surface area contributed by atoms with Gasteiger partial charge in [0.1, 0.15) is 18.4 Å². The maximum atomic E-state index is 12.9. The molecule has 8 atom stereocenters. The van der Waals surface area contributed by atoms with E-state index >= 15 is 0 Å². The molecule has 0 bridgehead atoms. The molecule has 0 spiro atoms. The largest absolute Gasteiger partial charge is 0.480 e. The molecule has 7 N–H and O–H groups in total. The van der Waals surface area contributed by atoms with Crippen molar-refractivity contribution in [3.8, 4) is 0 Å². The second-order valence-electron chi connectivity index (χ2n) is 15.8. The molecule has 62 heavy (non-hydrogen) atoms. The Kier molecular flexibility index (Phi) is 32.1. The first-order chi connectivity index (χ1) is 29.7. The number of aliphatic carboxylic acids is 1. The highest BCUT2D eigenvalue weighted by atomic mass is 31.2. The van der Waals surface area contributed by atoms with Crippen molar-refractivity contribution in [3.63, 3.8) is 0 Å². The third kappa shape index (κ3) is 29.2. The van der Waals surface area contributed by atoms with Gasteiger partial charge < -0.3 is 40.5 Å². The van der Waals surface area contributed by atoms with Crippen molar-refractivity contribution >= 4 is 31.5 Å². The Labute approximate surface area is 369 Å². The number of esters is 2. The van der Waals surface area contributed by atoms with Gasteiger partial charge in [-0.05, 0) is 64.2 Å². The van der Waals surface area contributed by atoms with Crippen LogP contribution in [-0.4, -0.2) is 99.3 Å². The van der Waals surface area contributed by atoms with E-state index in [1.165, 1.54) is 0 Å². The van der Waals surface area contributed by atoms with E-state index in [2.05, 4.69) is 67.0 Å². The lowest BCUT2D eigenvalue weighted by molar-refractivity contribution is -0.161. The fourth-order valence-electron chi connectivity index (χ4n) is 6.64. The number of hydrogen-bond donors (Lipinski definition) is 6. The molecular formula is C46H76NO14P. The first-order valence-electron chi connectivity index (χ1n) is 22.5. The van der Waals surface area contributed by atoms with Gasteiger partial charge in [0.05, 0.1) is 31.5 Å². The molecule has 1 aliphatic rings. The summed E-state index contributed by atoms with van der Waals surface area (Å²) in [6, 6.07) is -1.59. The number of allylic oxidation sites excluding steroid dienone is 8. The monoisotopic (exact) mass is 898 g/mol. The van der Waals surface area contributed by atoms with Crippen LogP contribution in [0.4, 0.5) is 0 Å². The Morgan fingerprint density at radius 3 is 2.00 bits per heavy atom. The Morgan fingerprint density at radius 2 is 1.34 bits per heavy atom. The number of nitrogens with two attached hydrogens (primary N) is 1. The number of unbranched alkanes of at least 4 members (excludes halogenated alkanes) is 7. The van der Waals surface area contributed by atoms with E-state index in [4.69, 9.17) is 24.8 Å². The molecule has 15 nitrogen and oxygen atoms in total. The van der Waals surface area contributed by atoms with Gasteiger partial charge in [0.2, 0.25) is 0 Å². The van der Waals surface area contributed by atoms with Crippen LogP contribution in [0.2, 0.25) is 0 Å². The van der Waals surface area contributed by atoms with E-state index in [0.717, 1.165) is 70.6 Å². The zero-order chi connectivity index (χ0) is 46.0. The molecule has 0 heterocycles. The predicted molar refractivity (Wildman–Crippen MR) is 238 cm³/mol. The van der Waals surface area contributed by atoms with E-state index in [1.54, 1.807) is 12.2 Å². The molecule has 1 unspecified atom stereocenters. The normalized spacial score (nSPS) is 20.7. The quantitative estimate of drug-likeness (QED) is 0.0153. The van der Waals surface area contributed by atoms with Crippen molar-refractivity contribution in [2.24, 2.45) is 17.6 Å². The number of ether oxygens (including phenoxy) is 2. The van der Waals surface area contributed by atoms with Crippen LogP contribution in [-0.2, 0) is 42.3 Å². The number of phosphoric acid groups is 1. The van der Waals surface area contributed by atoms with E-state index in [1.807, 2.05) is 0 Å². The second kappa shape index (κ2) is 35.1. The SMILES string of the molecule is CC/C=C\C/C=C\C/C=C\C/C=C\CCCCCCC(=O)OC[C@H](COP(=O)(O)OC[C@H](N)C(=O)O)OC(=O)CCCCC(=O)C[C@@H]1[C@@H](/C=C/[C@@H](O)CCCCC)[C@H](O)C[C@@H]1O. The van der Waals surface area contributed by atoms with Crippen molar-refractivity contribution in [3.05, 3.63) is 60.8 Å². The average Bonchev–Trinajstić information content (AvgIpc) is 3.49. The Bertz CT molecular complexity index is 1460. The third-order valence-corrected chi connectivity index (χ3v) is 11.2. The highest BCUT2D eigenvalue weighted by molar-refractivity contribution is 7.47. The van der Waals surface area contributed by atoms with Crippen molar-refractivity contribution in [1.29, 1.82) is 0 Å². The van der Waals surface area contributed by atoms with E-state index in [-0.39, 0.29) is 44.3 Å². The molecule has 0 amide bonds. The van der Waals surface area contributed by atoms with Gasteiger partial charge in [0, 0.05) is 43.9 Å². The van der Waals surface area contributed by atoms with Crippen LogP contribution in [0.25, 0.3) is 0 Å². The van der Waals surface area contributed by atoms with Gasteiger partial charge in [-0.3, -0.25) is 28.2 Å². The predicted octanol–water partition coefficient (Wildman–Crippen LogP) is 7.51. The summed E-state index contributed by atoms with van der Waals surface area (Å²) in [5, 5.41) is 40.2. The number of Topliss-reactive ketones (excluding diaryl/α,β-unsaturated/α-hetero) is 1. The van der Waals surface area contributed by atoms with Crippen LogP contribution >= 0.6 is 7.82 Å². The maximum Gasteiger partial charge on any atom is 0.472 e. The Balaban J connectivity index is 2.54. The smallest absolute Gasteiger partial charge is 0.472 e. The van der Waals surface area contributed by atoms with E-state index in [9.17, 15) is 44.0 Å². The molecule has 0 radical (unpaired) electrons. The summed E-state index contributed by atoms with van der Waals surface area (Å²) in [6.07, 6.45) is 29.2. The topological polar surface area (TPSA) is 249 Å². The number of phosphoric ester groups is 1. The number of aliphatic hydroxyl groups is 3. The highest BCUT2D eigenvalue weighted by Crippen LogP contribution is 2.43. The molecule has 0 aromatic rings. The van der Waals surface area contributed by atoms with E-state index < -0.39 is 87.8 Å². The van der Waals surface area contributed by atoms with Crippen molar-refractivity contribution in [1.82, 2.24) is 0 Å². The summed E-state index contributed by atoms with van der Waals surface area (Å²) < 4.78 is 32.6. The number of hydrogen-bond acceptors (Lipinski definition) is 13. The van der Waals surface area contributed by atoms with Crippen LogP contribution in [0.3, 0.4) is 0 Å². The van der Waals surface area contributed by atoms with Gasteiger partial charge in [0.25, 0.3) is 0 Å². The molecule has 0 aromatic carbocycles. The van der Waals surface area contributed by atoms with Crippen LogP contribution in [0.1, 0.15) is 142 Å². The van der Waals surface area contributed by atoms with Gasteiger partial charge in [-0.25, -0.2) is 4.57 Å². The minimum atomic E-state index is -4.83. The minimum Gasteiger partial charge on any atom is -0.480 e. The van der Waals surface area contributed by atoms with Crippen LogP contribution in [0, 0.1) is 11.8 Å². The molecule has 0 saturated heterocycles. The number of carboxylic acid groups (broad SMARTS) is 1. The number of ketones is 1. The van der Waals surface area contributed by atoms with Crippen LogP contribution in [0.15, 0.2) is 60.8 Å². The molecule has 16 heteroatoms. The molecule has 0 aliphatic heterocycles. The zero-order valence-corrected chi connectivity index (χ0v) is 37.9. The maximum absolute atomic E-state index is 12.9.